The van der Waals surface area contributed by atoms with Gasteiger partial charge in [0.05, 0.1) is 33.3 Å². The first-order valence-electron chi connectivity index (χ1n) is 9.19. The average Bonchev–Trinajstić information content (AvgIpc) is 2.67. The Bertz CT molecular complexity index is 596. The van der Waals surface area contributed by atoms with Crippen molar-refractivity contribution >= 4 is 5.97 Å². The van der Waals surface area contributed by atoms with Gasteiger partial charge >= 0.3 is 5.97 Å². The van der Waals surface area contributed by atoms with Crippen LogP contribution < -0.4 is 0 Å². The quantitative estimate of drug-likeness (QED) is 0.388. The first-order chi connectivity index (χ1) is 12.1. The molecule has 0 aliphatic heterocycles. The van der Waals surface area contributed by atoms with Crippen LogP contribution in [0.4, 0.5) is 0 Å². The Balaban J connectivity index is 2.02. The molecule has 0 spiro atoms. The molecular weight excluding hydrogens is 310 g/mol. The maximum Gasteiger partial charge on any atom is 0.317 e. The molecule has 134 valence electrons. The lowest BCUT2D eigenvalue weighted by Crippen LogP contribution is -2.44. The second-order valence-corrected chi connectivity index (χ2v) is 6.75. The van der Waals surface area contributed by atoms with Crippen LogP contribution in [0.15, 0.2) is 60.7 Å². The number of carbonyl (C=O) groups excluding carboxylic acids is 1. The normalized spacial score (nSPS) is 11.5. The Hall–Kier alpha value is -2.13. The summed E-state index contributed by atoms with van der Waals surface area (Å²) in [5, 5.41) is 0. The maximum atomic E-state index is 12.8. The fourth-order valence-corrected chi connectivity index (χ4v) is 3.00. The van der Waals surface area contributed by atoms with E-state index in [-0.39, 0.29) is 11.9 Å². The topological polar surface area (TPSA) is 26.3 Å². The summed E-state index contributed by atoms with van der Waals surface area (Å²) in [6.07, 6.45) is 0.889. The van der Waals surface area contributed by atoms with E-state index in [0.717, 1.165) is 41.7 Å². The number of carbonyl (C=O) groups is 1. The first-order valence-corrected chi connectivity index (χ1v) is 9.19. The molecule has 0 saturated heterocycles. The molecule has 0 aliphatic rings. The molecule has 0 aromatic heterocycles. The predicted octanol–water partition coefficient (Wildman–Crippen LogP) is 4.24. The van der Waals surface area contributed by atoms with E-state index in [0.29, 0.717) is 6.61 Å². The molecule has 0 unspecified atom stereocenters. The van der Waals surface area contributed by atoms with Crippen molar-refractivity contribution in [3.8, 4) is 0 Å². The number of nitrogens with zero attached hydrogens (tertiary/aromatic N) is 1. The van der Waals surface area contributed by atoms with Crippen LogP contribution in [0.5, 0.6) is 0 Å². The summed E-state index contributed by atoms with van der Waals surface area (Å²) >= 11 is 0. The van der Waals surface area contributed by atoms with Gasteiger partial charge in [0.1, 0.15) is 5.92 Å². The van der Waals surface area contributed by atoms with Gasteiger partial charge in [0.15, 0.2) is 0 Å². The van der Waals surface area contributed by atoms with Crippen molar-refractivity contribution in [3.63, 3.8) is 0 Å². The molecule has 2 aromatic rings. The third-order valence-corrected chi connectivity index (χ3v) is 5.12. The van der Waals surface area contributed by atoms with Crippen LogP contribution in [-0.4, -0.2) is 43.7 Å². The summed E-state index contributed by atoms with van der Waals surface area (Å²) in [6, 6.07) is 19.7. The lowest BCUT2D eigenvalue weighted by Gasteiger charge is -2.32. The van der Waals surface area contributed by atoms with Gasteiger partial charge in [-0.2, -0.15) is 0 Å². The van der Waals surface area contributed by atoms with Crippen LogP contribution in [0.3, 0.4) is 0 Å². The summed E-state index contributed by atoms with van der Waals surface area (Å²) in [4.78, 5) is 12.8. The van der Waals surface area contributed by atoms with E-state index in [1.54, 1.807) is 0 Å². The van der Waals surface area contributed by atoms with Gasteiger partial charge in [-0.25, -0.2) is 0 Å². The maximum absolute atomic E-state index is 12.8. The standard InChI is InChI=1S/C22H30NO2/c1-4-23(3,5-2)17-12-18-25-22(24)21(19-13-8-6-9-14-19)20-15-10-7-11-16-20/h6-11,13-16,21H,4-5,12,17-18H2,1-3H3/q+1. The van der Waals surface area contributed by atoms with Crippen molar-refractivity contribution < 1.29 is 14.0 Å². The smallest absolute Gasteiger partial charge is 0.317 e. The molecule has 0 amide bonds. The number of benzene rings is 2. The van der Waals surface area contributed by atoms with Gasteiger partial charge in [0.25, 0.3) is 0 Å². The van der Waals surface area contributed by atoms with Crippen molar-refractivity contribution in [2.45, 2.75) is 26.2 Å². The number of rotatable bonds is 9. The largest absolute Gasteiger partial charge is 0.465 e. The third kappa shape index (κ3) is 5.43. The zero-order valence-electron chi connectivity index (χ0n) is 15.7. The molecule has 2 aromatic carbocycles. The van der Waals surface area contributed by atoms with Gasteiger partial charge in [0.2, 0.25) is 0 Å². The molecule has 0 aliphatic carbocycles. The molecule has 0 fully saturated rings. The van der Waals surface area contributed by atoms with Crippen LogP contribution in [0.2, 0.25) is 0 Å². The summed E-state index contributed by atoms with van der Waals surface area (Å²) in [5.74, 6) is -0.528. The van der Waals surface area contributed by atoms with E-state index < -0.39 is 0 Å². The Kier molecular flexibility index (Phi) is 7.20. The molecule has 0 N–H and O–H groups in total. The molecule has 0 bridgehead atoms. The highest BCUT2D eigenvalue weighted by Crippen LogP contribution is 2.26. The number of esters is 1. The van der Waals surface area contributed by atoms with E-state index in [1.807, 2.05) is 60.7 Å². The highest BCUT2D eigenvalue weighted by atomic mass is 16.5. The summed E-state index contributed by atoms with van der Waals surface area (Å²) in [5.41, 5.74) is 1.95. The summed E-state index contributed by atoms with van der Waals surface area (Å²) in [7, 11) is 2.25. The van der Waals surface area contributed by atoms with E-state index >= 15 is 0 Å². The highest BCUT2D eigenvalue weighted by Gasteiger charge is 2.24. The predicted molar refractivity (Wildman–Crippen MR) is 102 cm³/mol. The van der Waals surface area contributed by atoms with Crippen molar-refractivity contribution in [1.29, 1.82) is 0 Å². The van der Waals surface area contributed by atoms with Crippen molar-refractivity contribution in [1.82, 2.24) is 0 Å². The van der Waals surface area contributed by atoms with Crippen LogP contribution in [0.25, 0.3) is 0 Å². The van der Waals surface area contributed by atoms with Crippen molar-refractivity contribution in [3.05, 3.63) is 71.8 Å². The van der Waals surface area contributed by atoms with Gasteiger partial charge < -0.3 is 9.22 Å². The second kappa shape index (κ2) is 9.38. The van der Waals surface area contributed by atoms with Crippen LogP contribution in [-0.2, 0) is 9.53 Å². The summed E-state index contributed by atoms with van der Waals surface area (Å²) in [6.45, 7) is 8.11. The molecule has 0 atom stereocenters. The minimum atomic E-state index is -0.361. The minimum Gasteiger partial charge on any atom is -0.465 e. The van der Waals surface area contributed by atoms with Crippen LogP contribution in [0, 0.1) is 0 Å². The average molecular weight is 340 g/mol. The van der Waals surface area contributed by atoms with E-state index in [9.17, 15) is 4.79 Å². The molecule has 0 radical (unpaired) electrons. The van der Waals surface area contributed by atoms with Gasteiger partial charge in [0, 0.05) is 6.42 Å². The number of quaternary nitrogens is 1. The Morgan fingerprint density at radius 3 is 1.84 bits per heavy atom. The Morgan fingerprint density at radius 1 is 0.920 bits per heavy atom. The van der Waals surface area contributed by atoms with Gasteiger partial charge in [-0.05, 0) is 25.0 Å². The highest BCUT2D eigenvalue weighted by molar-refractivity contribution is 5.82. The molecule has 3 nitrogen and oxygen atoms in total. The van der Waals surface area contributed by atoms with Gasteiger partial charge in [-0.1, -0.05) is 60.7 Å². The molecule has 2 rings (SSSR count). The first kappa shape index (κ1) is 19.2. The van der Waals surface area contributed by atoms with Crippen molar-refractivity contribution in [2.24, 2.45) is 0 Å². The zero-order valence-corrected chi connectivity index (χ0v) is 15.7. The number of hydrogen-bond acceptors (Lipinski definition) is 2. The second-order valence-electron chi connectivity index (χ2n) is 6.75. The lowest BCUT2D eigenvalue weighted by molar-refractivity contribution is -0.906. The molecule has 0 saturated carbocycles. The molecule has 25 heavy (non-hydrogen) atoms. The molecule has 0 heterocycles. The van der Waals surface area contributed by atoms with E-state index in [2.05, 4.69) is 20.9 Å². The van der Waals surface area contributed by atoms with E-state index in [4.69, 9.17) is 4.74 Å². The summed E-state index contributed by atoms with van der Waals surface area (Å²) < 4.78 is 6.66. The van der Waals surface area contributed by atoms with Gasteiger partial charge in [-0.3, -0.25) is 4.79 Å². The Morgan fingerprint density at radius 2 is 1.40 bits per heavy atom. The fourth-order valence-electron chi connectivity index (χ4n) is 3.00. The number of ether oxygens (including phenoxy) is 1. The monoisotopic (exact) mass is 340 g/mol. The minimum absolute atomic E-state index is 0.167. The Labute approximate surface area is 151 Å². The van der Waals surface area contributed by atoms with Crippen LogP contribution in [0.1, 0.15) is 37.3 Å². The fraction of sp³-hybridized carbons (Fsp3) is 0.409. The number of hydrogen-bond donors (Lipinski definition) is 0. The van der Waals surface area contributed by atoms with E-state index in [1.165, 1.54) is 0 Å². The van der Waals surface area contributed by atoms with Crippen molar-refractivity contribution in [2.75, 3.05) is 33.3 Å². The van der Waals surface area contributed by atoms with Crippen LogP contribution >= 0.6 is 0 Å². The SMILES string of the molecule is CC[N+](C)(CC)CCCOC(=O)C(c1ccccc1)c1ccccc1. The lowest BCUT2D eigenvalue weighted by atomic mass is 9.91. The zero-order chi connectivity index (χ0) is 18.1. The molecular formula is C22H30NO2+. The molecule has 3 heteroatoms. The third-order valence-electron chi connectivity index (χ3n) is 5.12. The van der Waals surface area contributed by atoms with Gasteiger partial charge in [-0.15, -0.1) is 0 Å².